The van der Waals surface area contributed by atoms with Crippen LogP contribution in [0.3, 0.4) is 0 Å². The Labute approximate surface area is 125 Å². The van der Waals surface area contributed by atoms with Gasteiger partial charge in [-0.25, -0.2) is 4.79 Å². The highest BCUT2D eigenvalue weighted by Gasteiger charge is 2.19. The molecule has 0 aromatic carbocycles. The second-order valence-electron chi connectivity index (χ2n) is 5.26. The number of carboxylic acids is 2. The van der Waals surface area contributed by atoms with Crippen LogP contribution in [0.5, 0.6) is 0 Å². The summed E-state index contributed by atoms with van der Waals surface area (Å²) in [5, 5.41) is 20.0. The first-order chi connectivity index (χ1) is 9.97. The molecule has 0 fully saturated rings. The Morgan fingerprint density at radius 1 is 0.905 bits per heavy atom. The van der Waals surface area contributed by atoms with E-state index in [0.717, 1.165) is 19.3 Å². The van der Waals surface area contributed by atoms with Crippen molar-refractivity contribution in [2.75, 3.05) is 0 Å². The zero-order chi connectivity index (χ0) is 16.1. The van der Waals surface area contributed by atoms with Crippen LogP contribution in [0.1, 0.15) is 71.1 Å². The molecule has 0 aliphatic carbocycles. The number of hydrogen-bond acceptors (Lipinski definition) is 3. The van der Waals surface area contributed by atoms with Gasteiger partial charge in [0.2, 0.25) is 5.91 Å². The number of carbonyl (C=O) groups is 3. The molecule has 21 heavy (non-hydrogen) atoms. The Bertz CT molecular complexity index is 330. The first kappa shape index (κ1) is 19.4. The van der Waals surface area contributed by atoms with Gasteiger partial charge >= 0.3 is 11.9 Å². The molecule has 0 saturated carbocycles. The van der Waals surface area contributed by atoms with E-state index in [1.54, 1.807) is 0 Å². The second-order valence-corrected chi connectivity index (χ2v) is 5.26. The van der Waals surface area contributed by atoms with E-state index < -0.39 is 18.0 Å². The summed E-state index contributed by atoms with van der Waals surface area (Å²) in [6.45, 7) is 2.14. The number of hydrogen-bond donors (Lipinski definition) is 3. The van der Waals surface area contributed by atoms with Gasteiger partial charge < -0.3 is 15.5 Å². The smallest absolute Gasteiger partial charge is 0.326 e. The molecule has 122 valence electrons. The molecule has 0 spiro atoms. The van der Waals surface area contributed by atoms with Gasteiger partial charge in [-0.15, -0.1) is 0 Å². The van der Waals surface area contributed by atoms with Crippen LogP contribution in [-0.4, -0.2) is 34.1 Å². The van der Waals surface area contributed by atoms with Crippen molar-refractivity contribution in [3.63, 3.8) is 0 Å². The maximum absolute atomic E-state index is 11.7. The van der Waals surface area contributed by atoms with Crippen molar-refractivity contribution in [2.24, 2.45) is 0 Å². The largest absolute Gasteiger partial charge is 0.481 e. The number of nitrogens with one attached hydrogen (secondary N) is 1. The minimum atomic E-state index is -1.11. The molecule has 0 rings (SSSR count). The van der Waals surface area contributed by atoms with Crippen molar-refractivity contribution in [1.82, 2.24) is 5.32 Å². The van der Waals surface area contributed by atoms with E-state index in [9.17, 15) is 14.4 Å². The molecule has 0 heterocycles. The van der Waals surface area contributed by atoms with Crippen LogP contribution in [0, 0.1) is 0 Å². The Hall–Kier alpha value is -1.59. The number of aliphatic carboxylic acids is 2. The van der Waals surface area contributed by atoms with Gasteiger partial charge in [0.05, 0.1) is 0 Å². The van der Waals surface area contributed by atoms with Crippen LogP contribution in [0.25, 0.3) is 0 Å². The van der Waals surface area contributed by atoms with Crippen molar-refractivity contribution in [3.8, 4) is 0 Å². The molecule has 6 heteroatoms. The number of amides is 1. The zero-order valence-electron chi connectivity index (χ0n) is 12.8. The fraction of sp³-hybridized carbons (Fsp3) is 0.800. The third kappa shape index (κ3) is 11.9. The average Bonchev–Trinajstić information content (AvgIpc) is 2.41. The van der Waals surface area contributed by atoms with Crippen LogP contribution >= 0.6 is 0 Å². The Kier molecular flexibility index (Phi) is 11.3. The maximum atomic E-state index is 11.7. The molecule has 0 aliphatic heterocycles. The minimum absolute atomic E-state index is 0.0862. The number of carbonyl (C=O) groups excluding carboxylic acids is 1. The lowest BCUT2D eigenvalue weighted by Gasteiger charge is -2.14. The molecule has 0 unspecified atom stereocenters. The second kappa shape index (κ2) is 12.2. The zero-order valence-corrected chi connectivity index (χ0v) is 12.8. The van der Waals surface area contributed by atoms with E-state index in [4.69, 9.17) is 10.2 Å². The van der Waals surface area contributed by atoms with Gasteiger partial charge in [-0.1, -0.05) is 39.0 Å². The quantitative estimate of drug-likeness (QED) is 0.454. The topological polar surface area (TPSA) is 104 Å². The molecule has 3 N–H and O–H groups in total. The van der Waals surface area contributed by atoms with Crippen molar-refractivity contribution in [2.45, 2.75) is 77.2 Å². The molecular formula is C15H27NO5. The lowest BCUT2D eigenvalue weighted by Crippen LogP contribution is -2.40. The van der Waals surface area contributed by atoms with E-state index in [0.29, 0.717) is 6.42 Å². The van der Waals surface area contributed by atoms with Gasteiger partial charge in [0.25, 0.3) is 0 Å². The van der Waals surface area contributed by atoms with Crippen LogP contribution in [-0.2, 0) is 14.4 Å². The Morgan fingerprint density at radius 2 is 1.52 bits per heavy atom. The van der Waals surface area contributed by atoms with Crippen LogP contribution in [0.4, 0.5) is 0 Å². The third-order valence-electron chi connectivity index (χ3n) is 3.27. The lowest BCUT2D eigenvalue weighted by atomic mass is 10.1. The standard InChI is InChI=1S/C15H27NO5/c1-2-3-4-5-6-7-10-13(17)16-12(15(20)21)9-8-11-14(18)19/h12H,2-11H2,1H3,(H,16,17)(H,18,19)(H,20,21)/t12-/m1/s1. The summed E-state index contributed by atoms with van der Waals surface area (Å²) in [7, 11) is 0. The molecule has 0 aromatic heterocycles. The van der Waals surface area contributed by atoms with Crippen molar-refractivity contribution >= 4 is 17.8 Å². The highest BCUT2D eigenvalue weighted by atomic mass is 16.4. The Morgan fingerprint density at radius 3 is 2.10 bits per heavy atom. The predicted molar refractivity (Wildman–Crippen MR) is 79.0 cm³/mol. The molecule has 0 bridgehead atoms. The van der Waals surface area contributed by atoms with E-state index >= 15 is 0 Å². The molecule has 1 amide bonds. The molecule has 1 atom stereocenters. The van der Waals surface area contributed by atoms with Crippen molar-refractivity contribution < 1.29 is 24.6 Å². The summed E-state index contributed by atoms with van der Waals surface area (Å²) in [5.41, 5.74) is 0. The summed E-state index contributed by atoms with van der Waals surface area (Å²) in [4.78, 5) is 33.0. The van der Waals surface area contributed by atoms with Gasteiger partial charge in [0, 0.05) is 12.8 Å². The molecule has 6 nitrogen and oxygen atoms in total. The molecule has 0 saturated heterocycles. The third-order valence-corrected chi connectivity index (χ3v) is 3.27. The monoisotopic (exact) mass is 301 g/mol. The normalized spacial score (nSPS) is 11.9. The highest BCUT2D eigenvalue weighted by Crippen LogP contribution is 2.07. The number of rotatable bonds is 13. The highest BCUT2D eigenvalue weighted by molar-refractivity contribution is 5.83. The molecule has 0 aliphatic rings. The van der Waals surface area contributed by atoms with Crippen molar-refractivity contribution in [1.29, 1.82) is 0 Å². The van der Waals surface area contributed by atoms with Gasteiger partial charge in [-0.05, 0) is 19.3 Å². The number of unbranched alkanes of at least 4 members (excludes halogenated alkanes) is 5. The minimum Gasteiger partial charge on any atom is -0.481 e. The van der Waals surface area contributed by atoms with Crippen molar-refractivity contribution in [3.05, 3.63) is 0 Å². The fourth-order valence-electron chi connectivity index (χ4n) is 2.05. The SMILES string of the molecule is CCCCCCCCC(=O)N[C@H](CCCC(=O)O)C(=O)O. The summed E-state index contributed by atoms with van der Waals surface area (Å²) >= 11 is 0. The lowest BCUT2D eigenvalue weighted by molar-refractivity contribution is -0.142. The van der Waals surface area contributed by atoms with Gasteiger partial charge in [0.15, 0.2) is 0 Å². The maximum Gasteiger partial charge on any atom is 0.326 e. The summed E-state index contributed by atoms with van der Waals surface area (Å²) in [6, 6.07) is -0.989. The summed E-state index contributed by atoms with van der Waals surface area (Å²) in [6.07, 6.45) is 7.02. The number of carboxylic acid groups (broad SMARTS) is 2. The predicted octanol–water partition coefficient (Wildman–Crippen LogP) is 2.56. The summed E-state index contributed by atoms with van der Waals surface area (Å²) in [5.74, 6) is -2.34. The molecule has 0 radical (unpaired) electrons. The molecular weight excluding hydrogens is 274 g/mol. The van der Waals surface area contributed by atoms with E-state index in [2.05, 4.69) is 12.2 Å². The average molecular weight is 301 g/mol. The fourth-order valence-corrected chi connectivity index (χ4v) is 2.05. The van der Waals surface area contributed by atoms with Crippen LogP contribution in [0.2, 0.25) is 0 Å². The van der Waals surface area contributed by atoms with Crippen LogP contribution in [0.15, 0.2) is 0 Å². The summed E-state index contributed by atoms with van der Waals surface area (Å²) < 4.78 is 0. The van der Waals surface area contributed by atoms with Gasteiger partial charge in [0.1, 0.15) is 6.04 Å². The Balaban J connectivity index is 3.84. The first-order valence-electron chi connectivity index (χ1n) is 7.71. The van der Waals surface area contributed by atoms with Gasteiger partial charge in [-0.3, -0.25) is 9.59 Å². The van der Waals surface area contributed by atoms with E-state index in [1.807, 2.05) is 0 Å². The van der Waals surface area contributed by atoms with E-state index in [-0.39, 0.29) is 25.2 Å². The van der Waals surface area contributed by atoms with Crippen LogP contribution < -0.4 is 5.32 Å². The van der Waals surface area contributed by atoms with E-state index in [1.165, 1.54) is 19.3 Å². The van der Waals surface area contributed by atoms with Gasteiger partial charge in [-0.2, -0.15) is 0 Å². The molecule has 0 aromatic rings. The first-order valence-corrected chi connectivity index (χ1v) is 7.71.